The molecule has 0 aromatic heterocycles. The van der Waals surface area contributed by atoms with Crippen LogP contribution in [0, 0.1) is 23.2 Å². The Balaban J connectivity index is 1.31. The highest BCUT2D eigenvalue weighted by molar-refractivity contribution is 5.79. The van der Waals surface area contributed by atoms with Crippen molar-refractivity contribution in [1.82, 2.24) is 5.32 Å². The molecular weight excluding hydrogens is 390 g/mol. The summed E-state index contributed by atoms with van der Waals surface area (Å²) < 4.78 is 5.69. The van der Waals surface area contributed by atoms with E-state index in [9.17, 15) is 14.7 Å². The van der Waals surface area contributed by atoms with Gasteiger partial charge in [0.2, 0.25) is 0 Å². The fourth-order valence-corrected chi connectivity index (χ4v) is 6.22. The third-order valence-electron chi connectivity index (χ3n) is 8.22. The van der Waals surface area contributed by atoms with E-state index < -0.39 is 23.5 Å². The molecule has 0 radical (unpaired) electrons. The second-order valence-electron chi connectivity index (χ2n) is 10.2. The number of hydrogen-bond acceptors (Lipinski definition) is 3. The standard InChI is InChI=1S/C26H29NO4/c1-25(2)20-12-21(23(28)29)26(3,13-22(20)25)27-24(30)31-14-19-17-10-6-4-8-15(17)16-9-5-7-11-18(16)19/h4-11,19-22H,12-14H2,1-3H3,(H,27,30)(H,28,29). The molecule has 0 aliphatic heterocycles. The lowest BCUT2D eigenvalue weighted by Gasteiger charge is -2.39. The Morgan fingerprint density at radius 2 is 1.58 bits per heavy atom. The topological polar surface area (TPSA) is 75.6 Å². The first-order chi connectivity index (χ1) is 14.7. The first-order valence-electron chi connectivity index (χ1n) is 11.1. The predicted molar refractivity (Wildman–Crippen MR) is 118 cm³/mol. The highest BCUT2D eigenvalue weighted by Crippen LogP contribution is 2.67. The number of carbonyl (C=O) groups excluding carboxylic acids is 1. The van der Waals surface area contributed by atoms with Crippen LogP contribution in [0.25, 0.3) is 11.1 Å². The van der Waals surface area contributed by atoms with Crippen LogP contribution in [0.5, 0.6) is 0 Å². The average Bonchev–Trinajstić information content (AvgIpc) is 3.10. The van der Waals surface area contributed by atoms with Gasteiger partial charge in [0.05, 0.1) is 11.5 Å². The van der Waals surface area contributed by atoms with Gasteiger partial charge in [-0.3, -0.25) is 4.79 Å². The summed E-state index contributed by atoms with van der Waals surface area (Å²) >= 11 is 0. The van der Waals surface area contributed by atoms with Gasteiger partial charge in [-0.05, 0) is 59.3 Å². The Labute approximate surface area is 182 Å². The van der Waals surface area contributed by atoms with E-state index in [1.54, 1.807) is 0 Å². The molecule has 2 fully saturated rings. The van der Waals surface area contributed by atoms with Gasteiger partial charge in [0.25, 0.3) is 0 Å². The number of hydrogen-bond donors (Lipinski definition) is 2. The summed E-state index contributed by atoms with van der Waals surface area (Å²) in [6, 6.07) is 16.4. The van der Waals surface area contributed by atoms with Crippen molar-refractivity contribution >= 4 is 12.1 Å². The average molecular weight is 420 g/mol. The largest absolute Gasteiger partial charge is 0.481 e. The monoisotopic (exact) mass is 419 g/mol. The maximum atomic E-state index is 12.8. The Morgan fingerprint density at radius 1 is 1.00 bits per heavy atom. The summed E-state index contributed by atoms with van der Waals surface area (Å²) in [5.41, 5.74) is 4.02. The van der Waals surface area contributed by atoms with Crippen LogP contribution >= 0.6 is 0 Å². The first-order valence-corrected chi connectivity index (χ1v) is 11.1. The van der Waals surface area contributed by atoms with Crippen LogP contribution in [-0.4, -0.2) is 29.3 Å². The molecule has 162 valence electrons. The summed E-state index contributed by atoms with van der Waals surface area (Å²) in [6.45, 7) is 6.48. The normalized spacial score (nSPS) is 30.0. The minimum absolute atomic E-state index is 0.0145. The molecule has 5 nitrogen and oxygen atoms in total. The van der Waals surface area contributed by atoms with E-state index >= 15 is 0 Å². The van der Waals surface area contributed by atoms with Crippen molar-refractivity contribution in [1.29, 1.82) is 0 Å². The van der Waals surface area contributed by atoms with Gasteiger partial charge >= 0.3 is 12.1 Å². The van der Waals surface area contributed by atoms with Gasteiger partial charge < -0.3 is 15.2 Å². The minimum atomic E-state index is -0.845. The zero-order chi connectivity index (χ0) is 22.0. The summed E-state index contributed by atoms with van der Waals surface area (Å²) in [7, 11) is 0. The second-order valence-corrected chi connectivity index (χ2v) is 10.2. The van der Waals surface area contributed by atoms with Gasteiger partial charge in [0.1, 0.15) is 6.61 Å². The van der Waals surface area contributed by atoms with Crippen molar-refractivity contribution in [3.8, 4) is 11.1 Å². The number of benzene rings is 2. The van der Waals surface area contributed by atoms with Crippen LogP contribution in [0.4, 0.5) is 4.79 Å². The number of amides is 1. The molecule has 0 spiro atoms. The summed E-state index contributed by atoms with van der Waals surface area (Å²) in [6.07, 6.45) is 0.742. The number of nitrogens with one attached hydrogen (secondary N) is 1. The molecule has 3 aliphatic carbocycles. The molecule has 2 N–H and O–H groups in total. The third-order valence-corrected chi connectivity index (χ3v) is 8.22. The fraction of sp³-hybridized carbons (Fsp3) is 0.462. The van der Waals surface area contributed by atoms with Gasteiger partial charge in [0, 0.05) is 5.92 Å². The minimum Gasteiger partial charge on any atom is -0.481 e. The Morgan fingerprint density at radius 3 is 2.16 bits per heavy atom. The highest BCUT2D eigenvalue weighted by atomic mass is 16.5. The van der Waals surface area contributed by atoms with E-state index in [1.165, 1.54) is 11.1 Å². The molecular formula is C26H29NO4. The quantitative estimate of drug-likeness (QED) is 0.727. The zero-order valence-electron chi connectivity index (χ0n) is 18.2. The lowest BCUT2D eigenvalue weighted by Crippen LogP contribution is -2.56. The number of carboxylic acids is 1. The van der Waals surface area contributed by atoms with Crippen LogP contribution in [0.15, 0.2) is 48.5 Å². The lowest BCUT2D eigenvalue weighted by molar-refractivity contribution is -0.146. The van der Waals surface area contributed by atoms with Crippen LogP contribution in [0.2, 0.25) is 0 Å². The molecule has 5 rings (SSSR count). The number of carbonyl (C=O) groups is 2. The summed E-state index contributed by atoms with van der Waals surface area (Å²) in [5.74, 6) is -0.592. The fourth-order valence-electron chi connectivity index (χ4n) is 6.22. The molecule has 4 unspecified atom stereocenters. The van der Waals surface area contributed by atoms with Crippen molar-refractivity contribution in [2.45, 2.75) is 45.1 Å². The molecule has 4 atom stereocenters. The van der Waals surface area contributed by atoms with Crippen molar-refractivity contribution in [2.24, 2.45) is 23.2 Å². The van der Waals surface area contributed by atoms with E-state index in [0.717, 1.165) is 11.1 Å². The van der Waals surface area contributed by atoms with Crippen molar-refractivity contribution in [3.63, 3.8) is 0 Å². The highest BCUT2D eigenvalue weighted by Gasteiger charge is 2.65. The van der Waals surface area contributed by atoms with Crippen LogP contribution in [-0.2, 0) is 9.53 Å². The van der Waals surface area contributed by atoms with E-state index in [2.05, 4.69) is 43.4 Å². The Kier molecular flexibility index (Phi) is 4.44. The van der Waals surface area contributed by atoms with E-state index in [-0.39, 0.29) is 17.9 Å². The van der Waals surface area contributed by atoms with Crippen LogP contribution in [0.1, 0.15) is 50.7 Å². The van der Waals surface area contributed by atoms with Crippen LogP contribution in [0.3, 0.4) is 0 Å². The predicted octanol–water partition coefficient (Wildman–Crippen LogP) is 5.05. The molecule has 0 bridgehead atoms. The van der Waals surface area contributed by atoms with E-state index in [4.69, 9.17) is 4.74 Å². The Bertz CT molecular complexity index is 1020. The number of carboxylic acid groups (broad SMARTS) is 1. The van der Waals surface area contributed by atoms with Crippen LogP contribution < -0.4 is 5.32 Å². The molecule has 0 saturated heterocycles. The van der Waals surface area contributed by atoms with Crippen molar-refractivity contribution in [2.75, 3.05) is 6.61 Å². The molecule has 3 aliphatic rings. The number of alkyl carbamates (subject to hydrolysis) is 1. The molecule has 2 aromatic rings. The molecule has 5 heteroatoms. The zero-order valence-corrected chi connectivity index (χ0v) is 18.2. The molecule has 2 saturated carbocycles. The van der Waals surface area contributed by atoms with Gasteiger partial charge in [-0.15, -0.1) is 0 Å². The Hall–Kier alpha value is -2.82. The lowest BCUT2D eigenvalue weighted by atomic mass is 9.74. The van der Waals surface area contributed by atoms with Gasteiger partial charge in [-0.25, -0.2) is 4.79 Å². The van der Waals surface area contributed by atoms with E-state index in [0.29, 0.717) is 24.7 Å². The molecule has 2 aromatic carbocycles. The molecule has 31 heavy (non-hydrogen) atoms. The number of rotatable bonds is 4. The maximum absolute atomic E-state index is 12.8. The second kappa shape index (κ2) is 6.84. The van der Waals surface area contributed by atoms with Gasteiger partial charge in [0.15, 0.2) is 0 Å². The summed E-state index contributed by atoms with van der Waals surface area (Å²) in [4.78, 5) is 24.8. The summed E-state index contributed by atoms with van der Waals surface area (Å²) in [5, 5.41) is 12.8. The van der Waals surface area contributed by atoms with E-state index in [1.807, 2.05) is 31.2 Å². The number of aliphatic carboxylic acids is 1. The van der Waals surface area contributed by atoms with Gasteiger partial charge in [-0.1, -0.05) is 62.4 Å². The van der Waals surface area contributed by atoms with Crippen molar-refractivity contribution in [3.05, 3.63) is 59.7 Å². The molecule has 1 amide bonds. The third kappa shape index (κ3) is 3.13. The number of ether oxygens (including phenoxy) is 1. The SMILES string of the molecule is CC1(NC(=O)OCC2c3ccccc3-c3ccccc32)CC2C(CC1C(=O)O)C2(C)C. The first kappa shape index (κ1) is 20.1. The van der Waals surface area contributed by atoms with Gasteiger partial charge in [-0.2, -0.15) is 0 Å². The maximum Gasteiger partial charge on any atom is 0.407 e. The van der Waals surface area contributed by atoms with Crippen molar-refractivity contribution < 1.29 is 19.4 Å². The number of fused-ring (bicyclic) bond motifs is 4. The smallest absolute Gasteiger partial charge is 0.407 e. The molecule has 0 heterocycles.